The molecule has 0 fully saturated rings. The number of benzene rings is 1. The highest BCUT2D eigenvalue weighted by Crippen LogP contribution is 2.24. The molecular formula is C17H23N3O. The third-order valence-electron chi connectivity index (χ3n) is 3.58. The van der Waals surface area contributed by atoms with Gasteiger partial charge in [0.25, 0.3) is 0 Å². The van der Waals surface area contributed by atoms with Crippen molar-refractivity contribution in [2.45, 2.75) is 25.5 Å². The molecule has 2 rings (SSSR count). The number of anilines is 1. The first kappa shape index (κ1) is 15.5. The van der Waals surface area contributed by atoms with Crippen LogP contribution >= 0.6 is 0 Å². The third-order valence-corrected chi connectivity index (χ3v) is 3.58. The molecule has 112 valence electrons. The Morgan fingerprint density at radius 3 is 2.57 bits per heavy atom. The van der Waals surface area contributed by atoms with Gasteiger partial charge >= 0.3 is 0 Å². The first-order valence-electron chi connectivity index (χ1n) is 7.29. The second kappa shape index (κ2) is 7.76. The summed E-state index contributed by atoms with van der Waals surface area (Å²) >= 11 is 0. The normalized spacial score (nSPS) is 13.8. The van der Waals surface area contributed by atoms with Crippen LogP contribution < -0.4 is 11.1 Å². The van der Waals surface area contributed by atoms with Gasteiger partial charge in [0.1, 0.15) is 5.82 Å². The minimum Gasteiger partial charge on any atom is -0.383 e. The Bertz CT molecular complexity index is 545. The zero-order valence-electron chi connectivity index (χ0n) is 12.6. The second-order valence-corrected chi connectivity index (χ2v) is 4.93. The number of pyridine rings is 1. The van der Waals surface area contributed by atoms with Crippen molar-refractivity contribution < 1.29 is 4.74 Å². The predicted octanol–water partition coefficient (Wildman–Crippen LogP) is 2.57. The van der Waals surface area contributed by atoms with E-state index in [2.05, 4.69) is 22.4 Å². The van der Waals surface area contributed by atoms with Crippen LogP contribution in [0.15, 0.2) is 48.7 Å². The van der Waals surface area contributed by atoms with Crippen LogP contribution in [0.5, 0.6) is 0 Å². The molecule has 1 aromatic carbocycles. The highest BCUT2D eigenvalue weighted by Gasteiger charge is 2.23. The molecule has 0 amide bonds. The molecule has 0 aliphatic carbocycles. The van der Waals surface area contributed by atoms with E-state index in [1.165, 1.54) is 5.56 Å². The van der Waals surface area contributed by atoms with Gasteiger partial charge < -0.3 is 15.8 Å². The van der Waals surface area contributed by atoms with E-state index in [-0.39, 0.29) is 12.1 Å². The summed E-state index contributed by atoms with van der Waals surface area (Å²) in [5.74, 6) is 0.584. The van der Waals surface area contributed by atoms with Crippen LogP contribution in [-0.2, 0) is 11.2 Å². The summed E-state index contributed by atoms with van der Waals surface area (Å²) in [5.41, 5.74) is 8.16. The van der Waals surface area contributed by atoms with Gasteiger partial charge in [-0.3, -0.25) is 0 Å². The van der Waals surface area contributed by atoms with Crippen molar-refractivity contribution in [3.63, 3.8) is 0 Å². The van der Waals surface area contributed by atoms with Crippen molar-refractivity contribution >= 4 is 5.82 Å². The van der Waals surface area contributed by atoms with Crippen LogP contribution in [0.25, 0.3) is 0 Å². The van der Waals surface area contributed by atoms with E-state index in [1.807, 2.05) is 44.3 Å². The summed E-state index contributed by atoms with van der Waals surface area (Å²) in [7, 11) is 1.95. The molecule has 2 aromatic rings. The molecule has 0 aliphatic heterocycles. The first-order chi connectivity index (χ1) is 10.3. The lowest BCUT2D eigenvalue weighted by Crippen LogP contribution is -2.36. The summed E-state index contributed by atoms with van der Waals surface area (Å²) in [6, 6.07) is 14.3. The SMILES string of the molecule is CCOC(c1ccccc1)C(Cc1cccnc1N)NC. The fourth-order valence-electron chi connectivity index (χ4n) is 2.49. The van der Waals surface area contributed by atoms with E-state index < -0.39 is 0 Å². The average molecular weight is 285 g/mol. The minimum atomic E-state index is -0.0131. The Morgan fingerprint density at radius 1 is 1.19 bits per heavy atom. The van der Waals surface area contributed by atoms with E-state index in [1.54, 1.807) is 6.20 Å². The van der Waals surface area contributed by atoms with Gasteiger partial charge in [0.15, 0.2) is 0 Å². The van der Waals surface area contributed by atoms with Crippen molar-refractivity contribution in [2.24, 2.45) is 0 Å². The van der Waals surface area contributed by atoms with Crippen LogP contribution in [-0.4, -0.2) is 24.7 Å². The summed E-state index contributed by atoms with van der Waals surface area (Å²) in [5, 5.41) is 3.35. The lowest BCUT2D eigenvalue weighted by molar-refractivity contribution is 0.0352. The molecule has 0 saturated carbocycles. The molecule has 0 saturated heterocycles. The Hall–Kier alpha value is -1.91. The highest BCUT2D eigenvalue weighted by molar-refractivity contribution is 5.39. The third kappa shape index (κ3) is 4.03. The zero-order valence-corrected chi connectivity index (χ0v) is 12.6. The zero-order chi connectivity index (χ0) is 15.1. The summed E-state index contributed by atoms with van der Waals surface area (Å²) in [6.07, 6.45) is 2.47. The average Bonchev–Trinajstić information content (AvgIpc) is 2.53. The van der Waals surface area contributed by atoms with Crippen molar-refractivity contribution in [1.82, 2.24) is 10.3 Å². The number of nitrogens with one attached hydrogen (secondary N) is 1. The molecule has 0 bridgehead atoms. The van der Waals surface area contributed by atoms with Crippen LogP contribution in [0.2, 0.25) is 0 Å². The molecule has 0 spiro atoms. The van der Waals surface area contributed by atoms with Gasteiger partial charge in [-0.1, -0.05) is 36.4 Å². The quantitative estimate of drug-likeness (QED) is 0.821. The number of hydrogen-bond donors (Lipinski definition) is 2. The minimum absolute atomic E-state index is 0.0131. The van der Waals surface area contributed by atoms with E-state index in [0.717, 1.165) is 12.0 Å². The molecule has 4 nitrogen and oxygen atoms in total. The van der Waals surface area contributed by atoms with Crippen molar-refractivity contribution in [2.75, 3.05) is 19.4 Å². The molecule has 0 aliphatic rings. The number of ether oxygens (including phenoxy) is 1. The first-order valence-corrected chi connectivity index (χ1v) is 7.29. The summed E-state index contributed by atoms with van der Waals surface area (Å²) in [4.78, 5) is 4.15. The second-order valence-electron chi connectivity index (χ2n) is 4.93. The molecule has 4 heteroatoms. The van der Waals surface area contributed by atoms with Crippen molar-refractivity contribution in [3.8, 4) is 0 Å². The van der Waals surface area contributed by atoms with Gasteiger partial charge in [0, 0.05) is 18.8 Å². The van der Waals surface area contributed by atoms with Gasteiger partial charge in [0.2, 0.25) is 0 Å². The van der Waals surface area contributed by atoms with Gasteiger partial charge in [-0.15, -0.1) is 0 Å². The van der Waals surface area contributed by atoms with E-state index in [9.17, 15) is 0 Å². The van der Waals surface area contributed by atoms with Gasteiger partial charge in [0.05, 0.1) is 6.10 Å². The maximum atomic E-state index is 5.97. The molecule has 21 heavy (non-hydrogen) atoms. The summed E-state index contributed by atoms with van der Waals surface area (Å²) in [6.45, 7) is 2.68. The molecule has 3 N–H and O–H groups in total. The number of likely N-dealkylation sites (N-methyl/N-ethyl adjacent to an activating group) is 1. The maximum absolute atomic E-state index is 5.97. The van der Waals surface area contributed by atoms with Crippen LogP contribution in [0, 0.1) is 0 Å². The Balaban J connectivity index is 2.22. The van der Waals surface area contributed by atoms with Crippen LogP contribution in [0.3, 0.4) is 0 Å². The molecule has 0 radical (unpaired) electrons. The number of aromatic nitrogens is 1. The fourth-order valence-corrected chi connectivity index (χ4v) is 2.49. The molecule has 1 heterocycles. The number of rotatable bonds is 7. The van der Waals surface area contributed by atoms with Crippen molar-refractivity contribution in [1.29, 1.82) is 0 Å². The Morgan fingerprint density at radius 2 is 1.95 bits per heavy atom. The molecule has 2 atom stereocenters. The largest absolute Gasteiger partial charge is 0.383 e. The Labute approximate surface area is 126 Å². The predicted molar refractivity (Wildman–Crippen MR) is 86.0 cm³/mol. The van der Waals surface area contributed by atoms with E-state index in [4.69, 9.17) is 10.5 Å². The molecule has 1 aromatic heterocycles. The lowest BCUT2D eigenvalue weighted by atomic mass is 9.96. The maximum Gasteiger partial charge on any atom is 0.126 e. The van der Waals surface area contributed by atoms with E-state index in [0.29, 0.717) is 12.4 Å². The smallest absolute Gasteiger partial charge is 0.126 e. The van der Waals surface area contributed by atoms with Gasteiger partial charge in [-0.05, 0) is 37.6 Å². The van der Waals surface area contributed by atoms with Crippen LogP contribution in [0.4, 0.5) is 5.82 Å². The molecule has 2 unspecified atom stereocenters. The topological polar surface area (TPSA) is 60.2 Å². The number of nitrogen functional groups attached to an aromatic ring is 1. The van der Waals surface area contributed by atoms with Crippen molar-refractivity contribution in [3.05, 3.63) is 59.8 Å². The van der Waals surface area contributed by atoms with Gasteiger partial charge in [-0.2, -0.15) is 0 Å². The molecular weight excluding hydrogens is 262 g/mol. The highest BCUT2D eigenvalue weighted by atomic mass is 16.5. The Kier molecular flexibility index (Phi) is 5.72. The summed E-state index contributed by atoms with van der Waals surface area (Å²) < 4.78 is 5.97. The number of hydrogen-bond acceptors (Lipinski definition) is 4. The number of nitrogens with zero attached hydrogens (tertiary/aromatic N) is 1. The van der Waals surface area contributed by atoms with E-state index >= 15 is 0 Å². The van der Waals surface area contributed by atoms with Crippen LogP contribution in [0.1, 0.15) is 24.2 Å². The lowest BCUT2D eigenvalue weighted by Gasteiger charge is -2.27. The number of nitrogens with two attached hydrogens (primary N) is 1. The monoisotopic (exact) mass is 285 g/mol. The fraction of sp³-hybridized carbons (Fsp3) is 0.353. The van der Waals surface area contributed by atoms with Gasteiger partial charge in [-0.25, -0.2) is 4.98 Å². The standard InChI is InChI=1S/C17H23N3O/c1-3-21-16(13-8-5-4-6-9-13)15(19-2)12-14-10-7-11-20-17(14)18/h4-11,15-16,19H,3,12H2,1-2H3,(H2,18,20).